The fourth-order valence-electron chi connectivity index (χ4n) is 3.12. The number of hydrogen-bond acceptors (Lipinski definition) is 3. The van der Waals surface area contributed by atoms with Crippen LogP contribution in [0.2, 0.25) is 0 Å². The maximum absolute atomic E-state index is 13.2. The number of urea groups is 1. The molecule has 0 spiro atoms. The Morgan fingerprint density at radius 1 is 1.11 bits per heavy atom. The summed E-state index contributed by atoms with van der Waals surface area (Å²) in [7, 11) is 0. The molecule has 0 saturated heterocycles. The highest BCUT2D eigenvalue weighted by Gasteiger charge is 2.38. The monoisotopic (exact) mass is 390 g/mol. The van der Waals surface area contributed by atoms with Crippen LogP contribution in [-0.2, 0) is 11.0 Å². The Bertz CT molecular complexity index is 979. The minimum Gasteiger partial charge on any atom is -0.350 e. The van der Waals surface area contributed by atoms with Gasteiger partial charge in [-0.2, -0.15) is 13.2 Å². The molecule has 28 heavy (non-hydrogen) atoms. The van der Waals surface area contributed by atoms with Crippen molar-refractivity contribution in [3.63, 3.8) is 0 Å². The van der Waals surface area contributed by atoms with Crippen LogP contribution in [0.3, 0.4) is 0 Å². The second-order valence-corrected chi connectivity index (χ2v) is 6.41. The first-order valence-corrected chi connectivity index (χ1v) is 8.23. The van der Waals surface area contributed by atoms with Crippen LogP contribution in [0.25, 0.3) is 5.57 Å². The Morgan fingerprint density at radius 3 is 2.32 bits per heavy atom. The van der Waals surface area contributed by atoms with Crippen molar-refractivity contribution in [2.24, 2.45) is 5.73 Å². The predicted octanol–water partition coefficient (Wildman–Crippen LogP) is 3.51. The van der Waals surface area contributed by atoms with Gasteiger partial charge in [0.15, 0.2) is 0 Å². The van der Waals surface area contributed by atoms with Gasteiger partial charge in [-0.15, -0.1) is 0 Å². The molecule has 0 unspecified atom stereocenters. The van der Waals surface area contributed by atoms with Gasteiger partial charge >= 0.3 is 12.2 Å². The van der Waals surface area contributed by atoms with Crippen LogP contribution >= 0.6 is 0 Å². The Balaban J connectivity index is 2.16. The number of anilines is 2. The second kappa shape index (κ2) is 6.91. The largest absolute Gasteiger partial charge is 0.416 e. The number of hydrazine groups is 1. The number of rotatable bonds is 3. The van der Waals surface area contributed by atoms with Crippen molar-refractivity contribution in [3.05, 3.63) is 64.9 Å². The van der Waals surface area contributed by atoms with Gasteiger partial charge in [-0.3, -0.25) is 15.1 Å². The average Bonchev–Trinajstić information content (AvgIpc) is 2.84. The first kappa shape index (κ1) is 19.3. The van der Waals surface area contributed by atoms with Crippen LogP contribution in [0.4, 0.5) is 29.3 Å². The summed E-state index contributed by atoms with van der Waals surface area (Å²) in [6.45, 7) is 3.67. The number of alkyl halides is 3. The van der Waals surface area contributed by atoms with Gasteiger partial charge < -0.3 is 11.2 Å². The lowest BCUT2D eigenvalue weighted by Crippen LogP contribution is -2.38. The van der Waals surface area contributed by atoms with Gasteiger partial charge in [0, 0.05) is 17.5 Å². The number of hydrogen-bond donors (Lipinski definition) is 3. The summed E-state index contributed by atoms with van der Waals surface area (Å²) in [6.07, 6.45) is -3.35. The molecule has 0 aromatic heterocycles. The molecule has 1 aliphatic heterocycles. The smallest absolute Gasteiger partial charge is 0.350 e. The molecule has 0 aliphatic carbocycles. The van der Waals surface area contributed by atoms with Crippen molar-refractivity contribution >= 4 is 28.9 Å². The van der Waals surface area contributed by atoms with E-state index in [0.29, 0.717) is 11.3 Å². The minimum atomic E-state index is -4.55. The van der Waals surface area contributed by atoms with Gasteiger partial charge in [-0.1, -0.05) is 12.1 Å². The van der Waals surface area contributed by atoms with Crippen LogP contribution in [0, 0.1) is 13.8 Å². The van der Waals surface area contributed by atoms with Gasteiger partial charge in [0.05, 0.1) is 16.8 Å². The third-order valence-corrected chi connectivity index (χ3v) is 4.17. The molecule has 146 valence electrons. The number of amides is 3. The Hall–Kier alpha value is -3.49. The molecule has 0 atom stereocenters. The number of nitrogens with zero attached hydrogens (tertiary/aromatic N) is 1. The lowest BCUT2D eigenvalue weighted by Gasteiger charge is -2.19. The summed E-state index contributed by atoms with van der Waals surface area (Å²) in [5, 5.41) is 0. The molecular weight excluding hydrogens is 373 g/mol. The van der Waals surface area contributed by atoms with Crippen molar-refractivity contribution in [2.45, 2.75) is 20.0 Å². The zero-order valence-electron chi connectivity index (χ0n) is 15.0. The number of nitrogens with two attached hydrogens (primary N) is 1. The summed E-state index contributed by atoms with van der Waals surface area (Å²) < 4.78 is 39.6. The summed E-state index contributed by atoms with van der Waals surface area (Å²) in [5.41, 5.74) is 11.3. The van der Waals surface area contributed by atoms with E-state index in [0.717, 1.165) is 23.3 Å². The minimum absolute atomic E-state index is 0.0941. The van der Waals surface area contributed by atoms with E-state index < -0.39 is 23.7 Å². The molecule has 1 aliphatic rings. The molecule has 4 N–H and O–H groups in total. The third kappa shape index (κ3) is 3.64. The lowest BCUT2D eigenvalue weighted by molar-refractivity contribution is -0.137. The number of fused-ring (bicyclic) bond motifs is 1. The summed E-state index contributed by atoms with van der Waals surface area (Å²) >= 11 is 0. The van der Waals surface area contributed by atoms with Crippen molar-refractivity contribution < 1.29 is 22.8 Å². The number of carbonyl (C=O) groups excluding carboxylic acids is 2. The highest BCUT2D eigenvalue weighted by molar-refractivity contribution is 6.35. The highest BCUT2D eigenvalue weighted by Crippen LogP contribution is 2.44. The van der Waals surface area contributed by atoms with Gasteiger partial charge in [-0.05, 0) is 49.2 Å². The highest BCUT2D eigenvalue weighted by atomic mass is 19.4. The number of benzene rings is 2. The van der Waals surface area contributed by atoms with E-state index in [1.807, 2.05) is 19.9 Å². The molecule has 9 heteroatoms. The lowest BCUT2D eigenvalue weighted by atomic mass is 10.1. The van der Waals surface area contributed by atoms with E-state index in [1.54, 1.807) is 12.1 Å². The van der Waals surface area contributed by atoms with E-state index >= 15 is 0 Å². The molecule has 2 aromatic rings. The molecule has 0 radical (unpaired) electrons. The summed E-state index contributed by atoms with van der Waals surface area (Å²) in [6, 6.07) is 7.53. The molecular formula is C19H17F3N4O2. The van der Waals surface area contributed by atoms with Crippen LogP contribution in [0.5, 0.6) is 0 Å². The zero-order chi connectivity index (χ0) is 20.6. The summed E-state index contributed by atoms with van der Waals surface area (Å²) in [5.74, 6) is -0.530. The zero-order valence-corrected chi connectivity index (χ0v) is 15.0. The van der Waals surface area contributed by atoms with Gasteiger partial charge in [-0.25, -0.2) is 4.79 Å². The molecule has 0 saturated carbocycles. The van der Waals surface area contributed by atoms with Crippen LogP contribution in [-0.4, -0.2) is 11.9 Å². The van der Waals surface area contributed by atoms with E-state index in [4.69, 9.17) is 5.73 Å². The molecule has 3 rings (SSSR count). The van der Waals surface area contributed by atoms with E-state index in [-0.39, 0.29) is 11.3 Å². The van der Waals surface area contributed by atoms with Crippen LogP contribution in [0.15, 0.2) is 42.6 Å². The Morgan fingerprint density at radius 2 is 1.75 bits per heavy atom. The van der Waals surface area contributed by atoms with Crippen molar-refractivity contribution in [2.75, 3.05) is 4.90 Å². The average molecular weight is 390 g/mol. The van der Waals surface area contributed by atoms with E-state index in [1.165, 1.54) is 17.2 Å². The second-order valence-electron chi connectivity index (χ2n) is 6.41. The molecule has 2 aromatic carbocycles. The quantitative estimate of drug-likeness (QED) is 0.554. The molecule has 0 bridgehead atoms. The van der Waals surface area contributed by atoms with Crippen LogP contribution < -0.4 is 21.5 Å². The van der Waals surface area contributed by atoms with Gasteiger partial charge in [0.2, 0.25) is 0 Å². The summed E-state index contributed by atoms with van der Waals surface area (Å²) in [4.78, 5) is 25.1. The van der Waals surface area contributed by atoms with Crippen molar-refractivity contribution in [3.8, 4) is 0 Å². The molecule has 0 fully saturated rings. The number of aryl methyl sites for hydroxylation is 2. The normalized spacial score (nSPS) is 15.0. The fraction of sp³-hybridized carbons (Fsp3) is 0.158. The predicted molar refractivity (Wildman–Crippen MR) is 98.3 cm³/mol. The third-order valence-electron chi connectivity index (χ3n) is 4.17. The number of primary amides is 1. The molecule has 1 heterocycles. The fourth-order valence-corrected chi connectivity index (χ4v) is 3.12. The maximum Gasteiger partial charge on any atom is 0.416 e. The number of halogens is 3. The molecule has 6 nitrogen and oxygen atoms in total. The molecule has 3 amide bonds. The number of nitrogens with one attached hydrogen (secondary N) is 2. The number of carbonyl (C=O) groups is 2. The first-order valence-electron chi connectivity index (χ1n) is 8.23. The van der Waals surface area contributed by atoms with E-state index in [2.05, 4.69) is 10.9 Å². The standard InChI is InChI=1S/C19H17F3N4O2/c1-10-5-11(2)7-13(6-10)26-16-8-12(19(20,21)22)3-4-14(16)15(17(26)27)9-24-25-18(23)28/h3-9,24H,1-2H3,(H3,23,25,28)/b15-9-. The first-order chi connectivity index (χ1) is 13.1. The van der Waals surface area contributed by atoms with Crippen molar-refractivity contribution in [1.29, 1.82) is 0 Å². The van der Waals surface area contributed by atoms with E-state index in [9.17, 15) is 22.8 Å². The Labute approximate surface area is 158 Å². The Kier molecular flexibility index (Phi) is 4.76. The van der Waals surface area contributed by atoms with Gasteiger partial charge in [0.1, 0.15) is 0 Å². The van der Waals surface area contributed by atoms with Gasteiger partial charge in [0.25, 0.3) is 5.91 Å². The van der Waals surface area contributed by atoms with Crippen molar-refractivity contribution in [1.82, 2.24) is 10.9 Å². The van der Waals surface area contributed by atoms with Crippen LogP contribution in [0.1, 0.15) is 22.3 Å². The SMILES string of the molecule is Cc1cc(C)cc(N2C(=O)/C(=C\NNC(N)=O)c3ccc(C(F)(F)F)cc32)c1. The maximum atomic E-state index is 13.2. The topological polar surface area (TPSA) is 87.5 Å².